The molecule has 2 aliphatic heterocycles. The number of aryl methyl sites for hydroxylation is 1. The summed E-state index contributed by atoms with van der Waals surface area (Å²) in [6, 6.07) is 16.1. The highest BCUT2D eigenvalue weighted by atomic mass is 16.2. The fraction of sp³-hybridized carbons (Fsp3) is 0.458. The number of likely N-dealkylation sites (tertiary alicyclic amines) is 2. The molecule has 0 saturated carbocycles. The lowest BCUT2D eigenvalue weighted by molar-refractivity contribution is -0.156. The standard InChI is InChI=1S/C24H29N3O2/c28-22(13-6-11-20-9-2-1-3-10-20)27-18-8-15-24(27)14-7-17-26(23(24)29)19-21-12-4-5-16-25-21/h1-5,9-10,12,16H,6-8,11,13-15,17-19H2. The molecule has 2 aliphatic rings. The SMILES string of the molecule is O=C(CCCc1ccccc1)N1CCCC12CCCN(Cc1ccccn1)C2=O. The van der Waals surface area contributed by atoms with E-state index >= 15 is 0 Å². The van der Waals surface area contributed by atoms with Crippen molar-refractivity contribution in [2.24, 2.45) is 0 Å². The lowest BCUT2D eigenvalue weighted by Crippen LogP contribution is -2.61. The minimum atomic E-state index is -0.628. The number of amides is 2. The summed E-state index contributed by atoms with van der Waals surface area (Å²) in [5, 5.41) is 0. The van der Waals surface area contributed by atoms with Gasteiger partial charge in [0.25, 0.3) is 0 Å². The topological polar surface area (TPSA) is 53.5 Å². The van der Waals surface area contributed by atoms with Crippen molar-refractivity contribution in [2.75, 3.05) is 13.1 Å². The molecule has 1 spiro atoms. The predicted molar refractivity (Wildman–Crippen MR) is 112 cm³/mol. The fourth-order valence-corrected chi connectivity index (χ4v) is 4.85. The van der Waals surface area contributed by atoms with Crippen LogP contribution in [0.25, 0.3) is 0 Å². The van der Waals surface area contributed by atoms with Crippen molar-refractivity contribution >= 4 is 11.8 Å². The van der Waals surface area contributed by atoms with Gasteiger partial charge in [0, 0.05) is 25.7 Å². The highest BCUT2D eigenvalue weighted by molar-refractivity contribution is 5.92. The first-order valence-electron chi connectivity index (χ1n) is 10.7. The van der Waals surface area contributed by atoms with Crippen molar-refractivity contribution in [1.82, 2.24) is 14.8 Å². The maximum Gasteiger partial charge on any atom is 0.248 e. The van der Waals surface area contributed by atoms with Gasteiger partial charge in [-0.15, -0.1) is 0 Å². The maximum atomic E-state index is 13.5. The van der Waals surface area contributed by atoms with Crippen LogP contribution in [0.5, 0.6) is 0 Å². The normalized spacial score (nSPS) is 21.7. The van der Waals surface area contributed by atoms with E-state index in [1.54, 1.807) is 6.20 Å². The van der Waals surface area contributed by atoms with Crippen LogP contribution in [0.2, 0.25) is 0 Å². The zero-order valence-electron chi connectivity index (χ0n) is 16.9. The van der Waals surface area contributed by atoms with E-state index in [0.29, 0.717) is 19.5 Å². The third-order valence-electron chi connectivity index (χ3n) is 6.27. The highest BCUT2D eigenvalue weighted by Crippen LogP contribution is 2.39. The Morgan fingerprint density at radius 1 is 1.00 bits per heavy atom. The summed E-state index contributed by atoms with van der Waals surface area (Å²) < 4.78 is 0. The minimum Gasteiger partial charge on any atom is -0.335 e. The summed E-state index contributed by atoms with van der Waals surface area (Å²) in [6.45, 7) is 1.97. The molecule has 152 valence electrons. The first kappa shape index (κ1) is 19.6. The van der Waals surface area contributed by atoms with E-state index in [9.17, 15) is 9.59 Å². The van der Waals surface area contributed by atoms with E-state index < -0.39 is 5.54 Å². The lowest BCUT2D eigenvalue weighted by Gasteiger charge is -2.44. The average Bonchev–Trinajstić information content (AvgIpc) is 3.17. The Morgan fingerprint density at radius 2 is 1.76 bits per heavy atom. The van der Waals surface area contributed by atoms with E-state index in [4.69, 9.17) is 0 Å². The molecule has 0 aliphatic carbocycles. The van der Waals surface area contributed by atoms with E-state index in [-0.39, 0.29) is 11.8 Å². The summed E-state index contributed by atoms with van der Waals surface area (Å²) >= 11 is 0. The molecule has 2 amide bonds. The van der Waals surface area contributed by atoms with Crippen LogP contribution in [-0.4, -0.2) is 45.2 Å². The number of piperidine rings is 1. The van der Waals surface area contributed by atoms with Crippen LogP contribution in [0.4, 0.5) is 0 Å². The van der Waals surface area contributed by atoms with Crippen molar-refractivity contribution in [3.63, 3.8) is 0 Å². The molecule has 1 aromatic carbocycles. The van der Waals surface area contributed by atoms with E-state index in [2.05, 4.69) is 17.1 Å². The molecule has 0 radical (unpaired) electrons. The quantitative estimate of drug-likeness (QED) is 0.756. The highest BCUT2D eigenvalue weighted by Gasteiger charge is 2.52. The third-order valence-corrected chi connectivity index (χ3v) is 6.27. The lowest BCUT2D eigenvalue weighted by atomic mass is 9.85. The number of carbonyl (C=O) groups is 2. The van der Waals surface area contributed by atoms with Gasteiger partial charge in [0.15, 0.2) is 0 Å². The Morgan fingerprint density at radius 3 is 2.52 bits per heavy atom. The minimum absolute atomic E-state index is 0.114. The van der Waals surface area contributed by atoms with Crippen molar-refractivity contribution < 1.29 is 9.59 Å². The average molecular weight is 392 g/mol. The molecule has 1 atom stereocenters. The van der Waals surface area contributed by atoms with Gasteiger partial charge >= 0.3 is 0 Å². The van der Waals surface area contributed by atoms with Crippen LogP contribution in [0.1, 0.15) is 49.8 Å². The van der Waals surface area contributed by atoms with Crippen molar-refractivity contribution in [1.29, 1.82) is 0 Å². The molecule has 1 aromatic heterocycles. The van der Waals surface area contributed by atoms with E-state index in [0.717, 1.165) is 50.8 Å². The van der Waals surface area contributed by atoms with E-state index in [1.165, 1.54) is 5.56 Å². The molecule has 29 heavy (non-hydrogen) atoms. The van der Waals surface area contributed by atoms with Gasteiger partial charge in [-0.1, -0.05) is 36.4 Å². The predicted octanol–water partition coefficient (Wildman–Crippen LogP) is 3.59. The summed E-state index contributed by atoms with van der Waals surface area (Å²) in [5.41, 5.74) is 1.53. The van der Waals surface area contributed by atoms with Crippen molar-refractivity contribution in [2.45, 2.75) is 57.0 Å². The van der Waals surface area contributed by atoms with Crippen LogP contribution in [0.3, 0.4) is 0 Å². The Balaban J connectivity index is 1.41. The second-order valence-electron chi connectivity index (χ2n) is 8.17. The van der Waals surface area contributed by atoms with Gasteiger partial charge in [-0.2, -0.15) is 0 Å². The first-order valence-corrected chi connectivity index (χ1v) is 10.7. The Labute approximate surface area is 172 Å². The van der Waals surface area contributed by atoms with Gasteiger partial charge < -0.3 is 9.80 Å². The molecule has 4 rings (SSSR count). The number of pyridine rings is 1. The van der Waals surface area contributed by atoms with Gasteiger partial charge in [0.1, 0.15) is 5.54 Å². The molecule has 2 aromatic rings. The number of rotatable bonds is 6. The van der Waals surface area contributed by atoms with Crippen LogP contribution < -0.4 is 0 Å². The molecule has 2 saturated heterocycles. The number of benzene rings is 1. The van der Waals surface area contributed by atoms with Crippen molar-refractivity contribution in [3.05, 3.63) is 66.0 Å². The molecule has 3 heterocycles. The Bertz CT molecular complexity index is 840. The Kier molecular flexibility index (Phi) is 5.93. The van der Waals surface area contributed by atoms with Gasteiger partial charge in [-0.3, -0.25) is 14.6 Å². The summed E-state index contributed by atoms with van der Waals surface area (Å²) in [4.78, 5) is 34.7. The summed E-state index contributed by atoms with van der Waals surface area (Å²) in [5.74, 6) is 0.245. The molecule has 0 N–H and O–H groups in total. The smallest absolute Gasteiger partial charge is 0.248 e. The van der Waals surface area contributed by atoms with Crippen LogP contribution in [-0.2, 0) is 22.6 Å². The molecule has 0 bridgehead atoms. The third kappa shape index (κ3) is 4.19. The van der Waals surface area contributed by atoms with Crippen LogP contribution in [0.15, 0.2) is 54.7 Å². The van der Waals surface area contributed by atoms with Crippen LogP contribution in [0, 0.1) is 0 Å². The van der Waals surface area contributed by atoms with Crippen LogP contribution >= 0.6 is 0 Å². The number of aromatic nitrogens is 1. The number of carbonyl (C=O) groups excluding carboxylic acids is 2. The molecule has 2 fully saturated rings. The second-order valence-corrected chi connectivity index (χ2v) is 8.17. The van der Waals surface area contributed by atoms with E-state index in [1.807, 2.05) is 46.2 Å². The Hall–Kier alpha value is -2.69. The maximum absolute atomic E-state index is 13.5. The zero-order chi connectivity index (χ0) is 20.1. The zero-order valence-corrected chi connectivity index (χ0v) is 16.9. The number of hydrogen-bond acceptors (Lipinski definition) is 3. The number of hydrogen-bond donors (Lipinski definition) is 0. The van der Waals surface area contributed by atoms with Gasteiger partial charge in [-0.05, 0) is 56.2 Å². The molecular weight excluding hydrogens is 362 g/mol. The molecule has 5 nitrogen and oxygen atoms in total. The summed E-state index contributed by atoms with van der Waals surface area (Å²) in [7, 11) is 0. The fourth-order valence-electron chi connectivity index (χ4n) is 4.85. The molecular formula is C24H29N3O2. The van der Waals surface area contributed by atoms with Crippen molar-refractivity contribution in [3.8, 4) is 0 Å². The second kappa shape index (κ2) is 8.76. The van der Waals surface area contributed by atoms with Gasteiger partial charge in [-0.25, -0.2) is 0 Å². The first-order chi connectivity index (χ1) is 14.2. The summed E-state index contributed by atoms with van der Waals surface area (Å²) in [6.07, 6.45) is 7.40. The molecule has 1 unspecified atom stereocenters. The monoisotopic (exact) mass is 391 g/mol. The molecule has 5 heteroatoms. The van der Waals surface area contributed by atoms with Gasteiger partial charge in [0.05, 0.1) is 12.2 Å². The van der Waals surface area contributed by atoms with Gasteiger partial charge in [0.2, 0.25) is 11.8 Å². The largest absolute Gasteiger partial charge is 0.335 e. The number of nitrogens with zero attached hydrogens (tertiary/aromatic N) is 3.